The molecule has 0 heterocycles. The number of carboxylic acid groups (broad SMARTS) is 1. The van der Waals surface area contributed by atoms with Crippen LogP contribution in [0.2, 0.25) is 0 Å². The molecular weight excluding hydrogens is 320 g/mol. The van der Waals surface area contributed by atoms with E-state index in [2.05, 4.69) is 4.72 Å². The highest BCUT2D eigenvalue weighted by atomic mass is 32.2. The zero-order valence-corrected chi connectivity index (χ0v) is 14.1. The number of sulfonamides is 1. The van der Waals surface area contributed by atoms with E-state index in [4.69, 9.17) is 5.11 Å². The van der Waals surface area contributed by atoms with E-state index in [0.29, 0.717) is 19.4 Å². The van der Waals surface area contributed by atoms with E-state index in [0.717, 1.165) is 0 Å². The number of nitrogens with one attached hydrogen (secondary N) is 1. The minimum Gasteiger partial charge on any atom is -0.480 e. The topological polar surface area (TPSA) is 104 Å². The quantitative estimate of drug-likeness (QED) is 0.712. The molecular formula is C15H22N2O5S. The summed E-state index contributed by atoms with van der Waals surface area (Å²) in [5.41, 5.74) is 0.535. The molecule has 0 bridgehead atoms. The molecule has 128 valence electrons. The van der Waals surface area contributed by atoms with E-state index >= 15 is 0 Å². The van der Waals surface area contributed by atoms with Crippen molar-refractivity contribution in [1.29, 1.82) is 0 Å². The third-order valence-electron chi connectivity index (χ3n) is 2.96. The van der Waals surface area contributed by atoms with Crippen molar-refractivity contribution in [3.05, 3.63) is 29.8 Å². The third-order valence-corrected chi connectivity index (χ3v) is 4.45. The van der Waals surface area contributed by atoms with Gasteiger partial charge in [0, 0.05) is 17.8 Å². The zero-order chi connectivity index (χ0) is 17.5. The van der Waals surface area contributed by atoms with Gasteiger partial charge >= 0.3 is 5.97 Å². The SMILES string of the molecule is CCCN(CC(=O)O)C(=O)c1cccc(NS(=O)(=O)CCC)c1. The number of hydrogen-bond acceptors (Lipinski definition) is 4. The average Bonchev–Trinajstić information content (AvgIpc) is 2.45. The first-order valence-corrected chi connectivity index (χ1v) is 9.06. The van der Waals surface area contributed by atoms with Gasteiger partial charge in [0.05, 0.1) is 5.75 Å². The normalized spacial score (nSPS) is 11.0. The van der Waals surface area contributed by atoms with Gasteiger partial charge in [-0.15, -0.1) is 0 Å². The first kappa shape index (κ1) is 19.0. The first-order valence-electron chi connectivity index (χ1n) is 7.40. The number of rotatable bonds is 9. The van der Waals surface area contributed by atoms with Gasteiger partial charge in [0.1, 0.15) is 6.54 Å². The van der Waals surface area contributed by atoms with Crippen molar-refractivity contribution in [3.63, 3.8) is 0 Å². The molecule has 0 radical (unpaired) electrons. The fourth-order valence-corrected chi connectivity index (χ4v) is 3.21. The van der Waals surface area contributed by atoms with Crippen LogP contribution in [-0.2, 0) is 14.8 Å². The van der Waals surface area contributed by atoms with Crippen LogP contribution in [-0.4, -0.2) is 49.1 Å². The Labute approximate surface area is 136 Å². The zero-order valence-electron chi connectivity index (χ0n) is 13.3. The molecule has 0 aliphatic heterocycles. The van der Waals surface area contributed by atoms with Crippen molar-refractivity contribution >= 4 is 27.6 Å². The van der Waals surface area contributed by atoms with Crippen LogP contribution >= 0.6 is 0 Å². The maximum absolute atomic E-state index is 12.4. The summed E-state index contributed by atoms with van der Waals surface area (Å²) in [6, 6.07) is 6.05. The summed E-state index contributed by atoms with van der Waals surface area (Å²) < 4.78 is 26.0. The van der Waals surface area contributed by atoms with Crippen molar-refractivity contribution in [2.24, 2.45) is 0 Å². The first-order chi connectivity index (χ1) is 10.8. The lowest BCUT2D eigenvalue weighted by atomic mass is 10.1. The second-order valence-corrected chi connectivity index (χ2v) is 6.96. The molecule has 0 atom stereocenters. The van der Waals surface area contributed by atoms with Crippen LogP contribution < -0.4 is 4.72 Å². The molecule has 0 spiro atoms. The van der Waals surface area contributed by atoms with Crippen LogP contribution in [0.3, 0.4) is 0 Å². The van der Waals surface area contributed by atoms with E-state index in [1.165, 1.54) is 17.0 Å². The molecule has 23 heavy (non-hydrogen) atoms. The Hall–Kier alpha value is -2.09. The van der Waals surface area contributed by atoms with Crippen LogP contribution in [0.1, 0.15) is 37.0 Å². The highest BCUT2D eigenvalue weighted by Gasteiger charge is 2.18. The molecule has 0 unspecified atom stereocenters. The van der Waals surface area contributed by atoms with Crippen molar-refractivity contribution < 1.29 is 23.1 Å². The summed E-state index contributed by atoms with van der Waals surface area (Å²) in [4.78, 5) is 24.5. The van der Waals surface area contributed by atoms with Crippen LogP contribution in [0, 0.1) is 0 Å². The molecule has 0 saturated carbocycles. The van der Waals surface area contributed by atoms with Crippen molar-refractivity contribution in [2.45, 2.75) is 26.7 Å². The molecule has 0 saturated heterocycles. The Bertz CT molecular complexity index is 658. The number of carbonyl (C=O) groups excluding carboxylic acids is 1. The van der Waals surface area contributed by atoms with Crippen LogP contribution in [0.15, 0.2) is 24.3 Å². The number of carboxylic acids is 1. The average molecular weight is 342 g/mol. The van der Waals surface area contributed by atoms with Gasteiger partial charge in [-0.25, -0.2) is 8.42 Å². The number of aliphatic carboxylic acids is 1. The van der Waals surface area contributed by atoms with Crippen LogP contribution in [0.5, 0.6) is 0 Å². The molecule has 1 rings (SSSR count). The second kappa shape index (κ2) is 8.52. The number of anilines is 1. The largest absolute Gasteiger partial charge is 0.480 e. The van der Waals surface area contributed by atoms with Gasteiger partial charge in [-0.2, -0.15) is 0 Å². The molecule has 1 aromatic carbocycles. The second-order valence-electron chi connectivity index (χ2n) is 5.12. The van der Waals surface area contributed by atoms with Crippen molar-refractivity contribution in [1.82, 2.24) is 4.90 Å². The smallest absolute Gasteiger partial charge is 0.323 e. The van der Waals surface area contributed by atoms with Gasteiger partial charge in [0.15, 0.2) is 0 Å². The molecule has 0 aromatic heterocycles. The Morgan fingerprint density at radius 1 is 1.22 bits per heavy atom. The molecule has 0 aliphatic rings. The number of nitrogens with zero attached hydrogens (tertiary/aromatic N) is 1. The monoisotopic (exact) mass is 342 g/mol. The minimum atomic E-state index is -3.45. The summed E-state index contributed by atoms with van der Waals surface area (Å²) in [5, 5.41) is 8.89. The molecule has 1 aromatic rings. The number of carbonyl (C=O) groups is 2. The molecule has 7 nitrogen and oxygen atoms in total. The molecule has 0 fully saturated rings. The van der Waals surface area contributed by atoms with Crippen molar-refractivity contribution in [3.8, 4) is 0 Å². The minimum absolute atomic E-state index is 0.00779. The molecule has 1 amide bonds. The van der Waals surface area contributed by atoms with Gasteiger partial charge in [0.2, 0.25) is 10.0 Å². The lowest BCUT2D eigenvalue weighted by Crippen LogP contribution is -2.36. The standard InChI is InChI=1S/C15H22N2O5S/c1-3-8-17(11-14(18)19)15(20)12-6-5-7-13(10-12)16-23(21,22)9-4-2/h5-7,10,16H,3-4,8-9,11H2,1-2H3,(H,18,19). The van der Waals surface area contributed by atoms with Gasteiger partial charge in [0.25, 0.3) is 5.91 Å². The van der Waals surface area contributed by atoms with Gasteiger partial charge < -0.3 is 10.0 Å². The van der Waals surface area contributed by atoms with Gasteiger partial charge in [-0.3, -0.25) is 14.3 Å². The van der Waals surface area contributed by atoms with Crippen LogP contribution in [0.4, 0.5) is 5.69 Å². The van der Waals surface area contributed by atoms with E-state index in [9.17, 15) is 18.0 Å². The fourth-order valence-electron chi connectivity index (χ4n) is 2.08. The Morgan fingerprint density at radius 2 is 1.91 bits per heavy atom. The Kier molecular flexibility index (Phi) is 7.02. The van der Waals surface area contributed by atoms with Gasteiger partial charge in [-0.1, -0.05) is 19.9 Å². The van der Waals surface area contributed by atoms with E-state index < -0.39 is 28.4 Å². The number of benzene rings is 1. The maximum atomic E-state index is 12.4. The summed E-state index contributed by atoms with van der Waals surface area (Å²) in [6.07, 6.45) is 1.11. The lowest BCUT2D eigenvalue weighted by molar-refractivity contribution is -0.137. The summed E-state index contributed by atoms with van der Waals surface area (Å²) in [6.45, 7) is 3.53. The van der Waals surface area contributed by atoms with E-state index in [-0.39, 0.29) is 17.0 Å². The molecule has 0 aliphatic carbocycles. The van der Waals surface area contributed by atoms with E-state index in [1.54, 1.807) is 19.1 Å². The summed E-state index contributed by atoms with van der Waals surface area (Å²) >= 11 is 0. The van der Waals surface area contributed by atoms with Crippen LogP contribution in [0.25, 0.3) is 0 Å². The highest BCUT2D eigenvalue weighted by molar-refractivity contribution is 7.92. The molecule has 2 N–H and O–H groups in total. The van der Waals surface area contributed by atoms with Crippen molar-refractivity contribution in [2.75, 3.05) is 23.6 Å². The fraction of sp³-hybridized carbons (Fsp3) is 0.467. The number of amides is 1. The Balaban J connectivity index is 2.97. The van der Waals surface area contributed by atoms with E-state index in [1.807, 2.05) is 6.92 Å². The third kappa shape index (κ3) is 6.27. The predicted molar refractivity (Wildman–Crippen MR) is 88.0 cm³/mol. The Morgan fingerprint density at radius 3 is 2.48 bits per heavy atom. The maximum Gasteiger partial charge on any atom is 0.323 e. The summed E-state index contributed by atoms with van der Waals surface area (Å²) in [7, 11) is -3.45. The predicted octanol–water partition coefficient (Wildman–Crippen LogP) is 1.78. The summed E-state index contributed by atoms with van der Waals surface area (Å²) in [5.74, 6) is -1.54. The highest BCUT2D eigenvalue weighted by Crippen LogP contribution is 2.15. The number of hydrogen-bond donors (Lipinski definition) is 2. The lowest BCUT2D eigenvalue weighted by Gasteiger charge is -2.20. The van der Waals surface area contributed by atoms with Gasteiger partial charge in [-0.05, 0) is 31.0 Å². The molecule has 8 heteroatoms.